The van der Waals surface area contributed by atoms with E-state index in [1.807, 2.05) is 0 Å². The Hall–Kier alpha value is -1.00. The van der Waals surface area contributed by atoms with Gasteiger partial charge in [-0.05, 0) is 36.0 Å². The van der Waals surface area contributed by atoms with Gasteiger partial charge in [-0.2, -0.15) is 0 Å². The smallest absolute Gasteiger partial charge is 0.238 e. The van der Waals surface area contributed by atoms with E-state index in [1.165, 1.54) is 36.0 Å². The number of carbonyl (C=O) groups excluding carboxylic acids is 1. The molecule has 0 radical (unpaired) electrons. The van der Waals surface area contributed by atoms with Gasteiger partial charge in [0.15, 0.2) is 0 Å². The van der Waals surface area contributed by atoms with Crippen molar-refractivity contribution in [2.24, 2.45) is 0 Å². The number of fused-ring (bicyclic) bond motifs is 1. The summed E-state index contributed by atoms with van der Waals surface area (Å²) in [6, 6.07) is 6.60. The van der Waals surface area contributed by atoms with E-state index < -0.39 is 0 Å². The van der Waals surface area contributed by atoms with Gasteiger partial charge in [0.05, 0.1) is 6.04 Å². The minimum atomic E-state index is -0.00979. The summed E-state index contributed by atoms with van der Waals surface area (Å²) in [5.41, 5.74) is 4.17. The maximum absolute atomic E-state index is 11.9. The largest absolute Gasteiger partial charge is 0.351 e. The molecule has 4 heteroatoms. The highest BCUT2D eigenvalue weighted by Gasteiger charge is 2.22. The van der Waals surface area contributed by atoms with Gasteiger partial charge in [0, 0.05) is 18.2 Å². The highest BCUT2D eigenvalue weighted by molar-refractivity contribution is 7.99. The molecule has 1 atom stereocenters. The summed E-state index contributed by atoms with van der Waals surface area (Å²) in [5.74, 6) is 1.90. The Balaban J connectivity index is 1.58. The molecule has 0 aromatic heterocycles. The second-order valence-electron chi connectivity index (χ2n) is 4.95. The Morgan fingerprint density at radius 3 is 3.11 bits per heavy atom. The number of amides is 1. The number of benzene rings is 1. The minimum Gasteiger partial charge on any atom is -0.351 e. The van der Waals surface area contributed by atoms with Gasteiger partial charge in [-0.15, -0.1) is 11.8 Å². The molecule has 18 heavy (non-hydrogen) atoms. The number of thioether (sulfide) groups is 1. The Labute approximate surface area is 112 Å². The van der Waals surface area contributed by atoms with Crippen LogP contribution in [0.25, 0.3) is 0 Å². The van der Waals surface area contributed by atoms with E-state index in [2.05, 4.69) is 28.8 Å². The van der Waals surface area contributed by atoms with Crippen molar-refractivity contribution in [1.82, 2.24) is 10.6 Å². The fourth-order valence-electron chi connectivity index (χ4n) is 2.61. The van der Waals surface area contributed by atoms with Crippen molar-refractivity contribution in [3.8, 4) is 0 Å². The molecule has 96 valence electrons. The number of carbonyl (C=O) groups is 1. The van der Waals surface area contributed by atoms with Crippen molar-refractivity contribution in [2.75, 3.05) is 11.6 Å². The van der Waals surface area contributed by atoms with Crippen LogP contribution < -0.4 is 10.6 Å². The predicted octanol–water partition coefficient (Wildman–Crippen LogP) is 1.45. The maximum atomic E-state index is 11.9. The quantitative estimate of drug-likeness (QED) is 0.866. The van der Waals surface area contributed by atoms with Crippen molar-refractivity contribution in [3.63, 3.8) is 0 Å². The number of hydrogen-bond donors (Lipinski definition) is 2. The zero-order chi connectivity index (χ0) is 12.4. The third-order valence-corrected chi connectivity index (χ3v) is 4.60. The summed E-state index contributed by atoms with van der Waals surface area (Å²) < 4.78 is 0. The summed E-state index contributed by atoms with van der Waals surface area (Å²) in [7, 11) is 0. The van der Waals surface area contributed by atoms with Crippen LogP contribution in [0.5, 0.6) is 0 Å². The monoisotopic (exact) mass is 262 g/mol. The van der Waals surface area contributed by atoms with Gasteiger partial charge in [-0.25, -0.2) is 0 Å². The third-order valence-electron chi connectivity index (χ3n) is 3.66. The average molecular weight is 262 g/mol. The van der Waals surface area contributed by atoms with Crippen LogP contribution in [-0.2, 0) is 24.2 Å². The molecule has 1 aliphatic heterocycles. The van der Waals surface area contributed by atoms with Crippen LogP contribution >= 0.6 is 11.8 Å². The molecule has 2 aliphatic rings. The lowest BCUT2D eigenvalue weighted by atomic mass is 10.1. The molecule has 1 fully saturated rings. The lowest BCUT2D eigenvalue weighted by molar-refractivity contribution is -0.122. The molecule has 1 aromatic carbocycles. The predicted molar refractivity (Wildman–Crippen MR) is 74.6 cm³/mol. The van der Waals surface area contributed by atoms with E-state index in [0.29, 0.717) is 6.54 Å². The van der Waals surface area contributed by atoms with Gasteiger partial charge in [-0.1, -0.05) is 18.2 Å². The fourth-order valence-corrected chi connectivity index (χ4v) is 3.55. The Morgan fingerprint density at radius 2 is 2.28 bits per heavy atom. The molecule has 1 unspecified atom stereocenters. The molecule has 1 saturated heterocycles. The number of aryl methyl sites for hydroxylation is 2. The SMILES string of the molecule is O=C(NCc1ccc2c(c1)CCC2)C1CSCN1. The molecule has 2 N–H and O–H groups in total. The Morgan fingerprint density at radius 1 is 1.39 bits per heavy atom. The van der Waals surface area contributed by atoms with Gasteiger partial charge in [0.25, 0.3) is 0 Å². The van der Waals surface area contributed by atoms with E-state index in [9.17, 15) is 4.79 Å². The average Bonchev–Trinajstić information content (AvgIpc) is 3.05. The van der Waals surface area contributed by atoms with Crippen LogP contribution in [-0.4, -0.2) is 23.6 Å². The van der Waals surface area contributed by atoms with Gasteiger partial charge < -0.3 is 5.32 Å². The third kappa shape index (κ3) is 2.54. The van der Waals surface area contributed by atoms with E-state index in [-0.39, 0.29) is 11.9 Å². The first-order valence-electron chi connectivity index (χ1n) is 6.52. The van der Waals surface area contributed by atoms with Gasteiger partial charge in [0.1, 0.15) is 0 Å². The molecule has 3 nitrogen and oxygen atoms in total. The van der Waals surface area contributed by atoms with E-state index in [4.69, 9.17) is 0 Å². The van der Waals surface area contributed by atoms with Crippen LogP contribution in [0.3, 0.4) is 0 Å². The molecule has 1 heterocycles. The summed E-state index contributed by atoms with van der Waals surface area (Å²) in [5, 5.41) is 6.20. The highest BCUT2D eigenvalue weighted by atomic mass is 32.2. The molecule has 3 rings (SSSR count). The van der Waals surface area contributed by atoms with Crippen molar-refractivity contribution in [2.45, 2.75) is 31.8 Å². The minimum absolute atomic E-state index is 0.00979. The van der Waals surface area contributed by atoms with Crippen LogP contribution in [0.15, 0.2) is 18.2 Å². The number of rotatable bonds is 3. The van der Waals surface area contributed by atoms with Gasteiger partial charge >= 0.3 is 0 Å². The highest BCUT2D eigenvalue weighted by Crippen LogP contribution is 2.22. The van der Waals surface area contributed by atoms with Crippen molar-refractivity contribution < 1.29 is 4.79 Å². The topological polar surface area (TPSA) is 41.1 Å². The molecule has 0 spiro atoms. The van der Waals surface area contributed by atoms with E-state index in [1.54, 1.807) is 11.8 Å². The van der Waals surface area contributed by atoms with Crippen LogP contribution in [0.4, 0.5) is 0 Å². The summed E-state index contributed by atoms with van der Waals surface area (Å²) in [6.45, 7) is 0.648. The second-order valence-corrected chi connectivity index (χ2v) is 5.98. The molecule has 1 aliphatic carbocycles. The van der Waals surface area contributed by atoms with E-state index >= 15 is 0 Å². The zero-order valence-corrected chi connectivity index (χ0v) is 11.2. The maximum Gasteiger partial charge on any atom is 0.238 e. The Bertz CT molecular complexity index is 455. The first-order valence-corrected chi connectivity index (χ1v) is 7.68. The number of hydrogen-bond acceptors (Lipinski definition) is 3. The first kappa shape index (κ1) is 12.1. The van der Waals surface area contributed by atoms with Crippen LogP contribution in [0, 0.1) is 0 Å². The second kappa shape index (κ2) is 5.33. The molecular formula is C14H18N2OS. The number of nitrogens with one attached hydrogen (secondary N) is 2. The first-order chi connectivity index (χ1) is 8.83. The zero-order valence-electron chi connectivity index (χ0n) is 10.4. The summed E-state index contributed by atoms with van der Waals surface area (Å²) in [6.07, 6.45) is 3.68. The molecule has 1 aromatic rings. The van der Waals surface area contributed by atoms with Crippen molar-refractivity contribution in [1.29, 1.82) is 0 Å². The summed E-state index contributed by atoms with van der Waals surface area (Å²) in [4.78, 5) is 11.9. The fraction of sp³-hybridized carbons (Fsp3) is 0.500. The summed E-state index contributed by atoms with van der Waals surface area (Å²) >= 11 is 1.78. The molecule has 0 bridgehead atoms. The lowest BCUT2D eigenvalue weighted by Crippen LogP contribution is -2.41. The standard InChI is InChI=1S/C14H18N2OS/c17-14(13-8-18-9-16-13)15-7-10-4-5-11-2-1-3-12(11)6-10/h4-6,13,16H,1-3,7-9H2,(H,15,17). The van der Waals surface area contributed by atoms with Crippen LogP contribution in [0.1, 0.15) is 23.1 Å². The van der Waals surface area contributed by atoms with Crippen molar-refractivity contribution in [3.05, 3.63) is 34.9 Å². The molecular weight excluding hydrogens is 244 g/mol. The van der Waals surface area contributed by atoms with Crippen molar-refractivity contribution >= 4 is 17.7 Å². The van der Waals surface area contributed by atoms with E-state index in [0.717, 1.165) is 11.6 Å². The Kier molecular flexibility index (Phi) is 3.57. The normalized spacial score (nSPS) is 21.9. The van der Waals surface area contributed by atoms with Gasteiger partial charge in [0.2, 0.25) is 5.91 Å². The molecule has 1 amide bonds. The lowest BCUT2D eigenvalue weighted by Gasteiger charge is -2.11. The van der Waals surface area contributed by atoms with Crippen LogP contribution in [0.2, 0.25) is 0 Å². The van der Waals surface area contributed by atoms with Gasteiger partial charge in [-0.3, -0.25) is 10.1 Å². The molecule has 0 saturated carbocycles.